The zero-order valence-corrected chi connectivity index (χ0v) is 13.2. The van der Waals surface area contributed by atoms with Crippen LogP contribution in [-0.4, -0.2) is 0 Å². The normalized spacial score (nSPS) is 13.0. The van der Waals surface area contributed by atoms with Crippen molar-refractivity contribution in [2.24, 2.45) is 0 Å². The van der Waals surface area contributed by atoms with Crippen LogP contribution in [0.15, 0.2) is 46.9 Å². The van der Waals surface area contributed by atoms with Gasteiger partial charge in [0.1, 0.15) is 0 Å². The summed E-state index contributed by atoms with van der Waals surface area (Å²) in [5.41, 5.74) is 1.89. The van der Waals surface area contributed by atoms with Crippen LogP contribution < -0.4 is 5.32 Å². The van der Waals surface area contributed by atoms with Crippen molar-refractivity contribution in [1.82, 2.24) is 0 Å². The molecule has 112 valence electrons. The predicted molar refractivity (Wildman–Crippen MR) is 82.4 cm³/mol. The number of anilines is 1. The molecule has 2 rings (SSSR count). The maximum absolute atomic E-state index is 12.7. The molecule has 1 unspecified atom stereocenters. The lowest BCUT2D eigenvalue weighted by molar-refractivity contribution is -0.137. The van der Waals surface area contributed by atoms with Gasteiger partial charge in [-0.2, -0.15) is 13.2 Å². The fraction of sp³-hybridized carbons (Fsp3) is 0.250. The van der Waals surface area contributed by atoms with Gasteiger partial charge >= 0.3 is 6.18 Å². The van der Waals surface area contributed by atoms with Crippen molar-refractivity contribution in [2.45, 2.75) is 26.1 Å². The lowest BCUT2D eigenvalue weighted by atomic mass is 10.0. The first-order chi connectivity index (χ1) is 9.79. The zero-order chi connectivity index (χ0) is 15.6. The number of halogens is 4. The lowest BCUT2D eigenvalue weighted by Crippen LogP contribution is -2.10. The highest BCUT2D eigenvalue weighted by atomic mass is 79.9. The van der Waals surface area contributed by atoms with Gasteiger partial charge in [0.05, 0.1) is 5.56 Å². The van der Waals surface area contributed by atoms with Gasteiger partial charge < -0.3 is 5.32 Å². The minimum Gasteiger partial charge on any atom is -0.378 e. The van der Waals surface area contributed by atoms with E-state index >= 15 is 0 Å². The van der Waals surface area contributed by atoms with Crippen molar-refractivity contribution >= 4 is 21.6 Å². The first-order valence-corrected chi connectivity index (χ1v) is 7.27. The molecular formula is C16H15BrF3N. The van der Waals surface area contributed by atoms with E-state index in [-0.39, 0.29) is 6.04 Å². The summed E-state index contributed by atoms with van der Waals surface area (Å²) in [6.07, 6.45) is -4.32. The second kappa shape index (κ2) is 6.10. The van der Waals surface area contributed by atoms with E-state index < -0.39 is 11.7 Å². The van der Waals surface area contributed by atoms with Gasteiger partial charge in [-0.1, -0.05) is 24.3 Å². The summed E-state index contributed by atoms with van der Waals surface area (Å²) < 4.78 is 39.2. The molecule has 1 atom stereocenters. The van der Waals surface area contributed by atoms with Crippen LogP contribution in [0, 0.1) is 6.92 Å². The highest BCUT2D eigenvalue weighted by Gasteiger charge is 2.30. The molecule has 21 heavy (non-hydrogen) atoms. The van der Waals surface area contributed by atoms with E-state index in [0.29, 0.717) is 5.56 Å². The molecule has 0 saturated carbocycles. The summed E-state index contributed by atoms with van der Waals surface area (Å²) in [6, 6.07) is 10.9. The Morgan fingerprint density at radius 1 is 1.10 bits per heavy atom. The number of rotatable bonds is 3. The number of hydrogen-bond acceptors (Lipinski definition) is 1. The maximum Gasteiger partial charge on any atom is 0.416 e. The van der Waals surface area contributed by atoms with Crippen molar-refractivity contribution in [2.75, 3.05) is 5.32 Å². The predicted octanol–water partition coefficient (Wildman–Crippen LogP) is 5.95. The molecule has 0 aromatic heterocycles. The van der Waals surface area contributed by atoms with Crippen molar-refractivity contribution in [3.8, 4) is 0 Å². The number of alkyl halides is 3. The third kappa shape index (κ3) is 3.79. The van der Waals surface area contributed by atoms with Gasteiger partial charge in [-0.3, -0.25) is 0 Å². The summed E-state index contributed by atoms with van der Waals surface area (Å²) >= 11 is 3.48. The molecule has 0 aliphatic rings. The lowest BCUT2D eigenvalue weighted by Gasteiger charge is -2.19. The molecule has 2 aromatic rings. The van der Waals surface area contributed by atoms with Gasteiger partial charge in [0, 0.05) is 16.2 Å². The molecule has 0 saturated heterocycles. The first-order valence-electron chi connectivity index (χ1n) is 6.48. The molecule has 1 nitrogen and oxygen atoms in total. The van der Waals surface area contributed by atoms with Crippen LogP contribution in [0.2, 0.25) is 0 Å². The van der Waals surface area contributed by atoms with E-state index in [4.69, 9.17) is 0 Å². The summed E-state index contributed by atoms with van der Waals surface area (Å²) in [5, 5.41) is 3.23. The molecule has 0 bridgehead atoms. The SMILES string of the molecule is Cc1cccc(NC(C)c2cccc(C(F)(F)F)c2)c1Br. The van der Waals surface area contributed by atoms with E-state index in [1.807, 2.05) is 32.0 Å². The molecule has 0 fully saturated rings. The van der Waals surface area contributed by atoms with Crippen LogP contribution in [0.5, 0.6) is 0 Å². The average molecular weight is 358 g/mol. The Labute approximate surface area is 130 Å². The highest BCUT2D eigenvalue weighted by molar-refractivity contribution is 9.10. The van der Waals surface area contributed by atoms with Gasteiger partial charge in [0.15, 0.2) is 0 Å². The largest absolute Gasteiger partial charge is 0.416 e. The number of nitrogens with one attached hydrogen (secondary N) is 1. The Hall–Kier alpha value is -1.49. The number of hydrogen-bond donors (Lipinski definition) is 1. The van der Waals surface area contributed by atoms with Crippen molar-refractivity contribution in [1.29, 1.82) is 0 Å². The Bertz CT molecular complexity index is 638. The van der Waals surface area contributed by atoms with E-state index in [0.717, 1.165) is 21.8 Å². The molecule has 0 aliphatic carbocycles. The molecular weight excluding hydrogens is 343 g/mol. The van der Waals surface area contributed by atoms with Gasteiger partial charge in [-0.25, -0.2) is 0 Å². The second-order valence-electron chi connectivity index (χ2n) is 4.93. The van der Waals surface area contributed by atoms with Crippen molar-refractivity contribution in [3.05, 3.63) is 63.6 Å². The second-order valence-corrected chi connectivity index (χ2v) is 5.72. The molecule has 2 aromatic carbocycles. The van der Waals surface area contributed by atoms with E-state index in [9.17, 15) is 13.2 Å². The number of benzene rings is 2. The van der Waals surface area contributed by atoms with Crippen LogP contribution in [0.25, 0.3) is 0 Å². The van der Waals surface area contributed by atoms with E-state index in [1.54, 1.807) is 6.07 Å². The molecule has 0 spiro atoms. The monoisotopic (exact) mass is 357 g/mol. The van der Waals surface area contributed by atoms with E-state index in [2.05, 4.69) is 21.2 Å². The minimum absolute atomic E-state index is 0.231. The average Bonchev–Trinajstić information content (AvgIpc) is 2.43. The summed E-state index contributed by atoms with van der Waals surface area (Å²) in [5.74, 6) is 0. The topological polar surface area (TPSA) is 12.0 Å². The van der Waals surface area contributed by atoms with Crippen LogP contribution >= 0.6 is 15.9 Å². The van der Waals surface area contributed by atoms with Crippen LogP contribution in [0.1, 0.15) is 29.7 Å². The molecule has 0 radical (unpaired) electrons. The Morgan fingerprint density at radius 3 is 2.43 bits per heavy atom. The fourth-order valence-electron chi connectivity index (χ4n) is 2.06. The van der Waals surface area contributed by atoms with Crippen LogP contribution in [-0.2, 0) is 6.18 Å². The van der Waals surface area contributed by atoms with Gasteiger partial charge in [-0.15, -0.1) is 0 Å². The quantitative estimate of drug-likeness (QED) is 0.715. The molecule has 0 aliphatic heterocycles. The Kier molecular flexibility index (Phi) is 4.61. The minimum atomic E-state index is -4.32. The zero-order valence-electron chi connectivity index (χ0n) is 11.6. The highest BCUT2D eigenvalue weighted by Crippen LogP contribution is 2.33. The maximum atomic E-state index is 12.7. The third-order valence-electron chi connectivity index (χ3n) is 3.28. The molecule has 0 heterocycles. The van der Waals surface area contributed by atoms with Gasteiger partial charge in [-0.05, 0) is 59.1 Å². The summed E-state index contributed by atoms with van der Waals surface area (Å²) in [6.45, 7) is 3.80. The molecule has 5 heteroatoms. The smallest absolute Gasteiger partial charge is 0.378 e. The van der Waals surface area contributed by atoms with Gasteiger partial charge in [0.25, 0.3) is 0 Å². The van der Waals surface area contributed by atoms with Crippen LogP contribution in [0.3, 0.4) is 0 Å². The number of aryl methyl sites for hydroxylation is 1. The van der Waals surface area contributed by atoms with Gasteiger partial charge in [0.2, 0.25) is 0 Å². The van der Waals surface area contributed by atoms with Crippen molar-refractivity contribution < 1.29 is 13.2 Å². The standard InChI is InChI=1S/C16H15BrF3N/c1-10-5-3-8-14(15(10)17)21-11(2)12-6-4-7-13(9-12)16(18,19)20/h3-9,11,21H,1-2H3. The van der Waals surface area contributed by atoms with E-state index in [1.165, 1.54) is 12.1 Å². The summed E-state index contributed by atoms with van der Waals surface area (Å²) in [4.78, 5) is 0. The van der Waals surface area contributed by atoms with Crippen LogP contribution in [0.4, 0.5) is 18.9 Å². The molecule has 0 amide bonds. The Morgan fingerprint density at radius 2 is 1.76 bits per heavy atom. The molecule has 1 N–H and O–H groups in total. The fourth-order valence-corrected chi connectivity index (χ4v) is 2.44. The summed E-state index contributed by atoms with van der Waals surface area (Å²) in [7, 11) is 0. The first kappa shape index (κ1) is 15.9. The third-order valence-corrected chi connectivity index (χ3v) is 4.33. The van der Waals surface area contributed by atoms with Crippen molar-refractivity contribution in [3.63, 3.8) is 0 Å². The Balaban J connectivity index is 2.25.